The van der Waals surface area contributed by atoms with E-state index in [0.29, 0.717) is 26.2 Å². The quantitative estimate of drug-likeness (QED) is 0.684. The van der Waals surface area contributed by atoms with E-state index in [2.05, 4.69) is 5.32 Å². The molecule has 0 aromatic carbocycles. The summed E-state index contributed by atoms with van der Waals surface area (Å²) in [5.41, 5.74) is -0.155. The number of carbonyl (C=O) groups is 2. The Balaban J connectivity index is 1.93. The SMILES string of the molecule is CNCC1(C(=O)N2CCN(C=O)CC2)CCC1. The summed E-state index contributed by atoms with van der Waals surface area (Å²) in [5, 5.41) is 3.14. The van der Waals surface area contributed by atoms with Crippen molar-refractivity contribution in [1.29, 1.82) is 0 Å². The van der Waals surface area contributed by atoms with Crippen LogP contribution in [0.2, 0.25) is 0 Å². The molecule has 2 rings (SSSR count). The maximum atomic E-state index is 12.5. The van der Waals surface area contributed by atoms with Crippen LogP contribution in [0.1, 0.15) is 19.3 Å². The second-order valence-electron chi connectivity index (χ2n) is 5.10. The average Bonchev–Trinajstić information content (AvgIpc) is 2.33. The van der Waals surface area contributed by atoms with Gasteiger partial charge in [-0.2, -0.15) is 0 Å². The highest BCUT2D eigenvalue weighted by molar-refractivity contribution is 5.84. The maximum absolute atomic E-state index is 12.5. The van der Waals surface area contributed by atoms with Gasteiger partial charge in [0.25, 0.3) is 0 Å². The van der Waals surface area contributed by atoms with Crippen molar-refractivity contribution in [2.75, 3.05) is 39.8 Å². The summed E-state index contributed by atoms with van der Waals surface area (Å²) in [4.78, 5) is 26.7. The van der Waals surface area contributed by atoms with Crippen molar-refractivity contribution in [3.05, 3.63) is 0 Å². The lowest BCUT2D eigenvalue weighted by Crippen LogP contribution is -2.57. The summed E-state index contributed by atoms with van der Waals surface area (Å²) >= 11 is 0. The molecule has 5 nitrogen and oxygen atoms in total. The van der Waals surface area contributed by atoms with Crippen LogP contribution in [0.3, 0.4) is 0 Å². The fraction of sp³-hybridized carbons (Fsp3) is 0.833. The van der Waals surface area contributed by atoms with Crippen molar-refractivity contribution in [2.45, 2.75) is 19.3 Å². The van der Waals surface area contributed by atoms with Crippen LogP contribution in [-0.2, 0) is 9.59 Å². The molecule has 1 N–H and O–H groups in total. The molecule has 0 spiro atoms. The van der Waals surface area contributed by atoms with Gasteiger partial charge in [-0.1, -0.05) is 6.42 Å². The van der Waals surface area contributed by atoms with Crippen LogP contribution in [0, 0.1) is 5.41 Å². The van der Waals surface area contributed by atoms with E-state index in [1.807, 2.05) is 11.9 Å². The van der Waals surface area contributed by atoms with E-state index in [9.17, 15) is 9.59 Å². The van der Waals surface area contributed by atoms with Crippen LogP contribution in [0.15, 0.2) is 0 Å². The predicted octanol–water partition coefficient (Wildman–Crippen LogP) is -0.323. The maximum Gasteiger partial charge on any atom is 0.230 e. The molecule has 96 valence electrons. The van der Waals surface area contributed by atoms with Gasteiger partial charge in [0.05, 0.1) is 5.41 Å². The normalized spacial score (nSPS) is 23.1. The van der Waals surface area contributed by atoms with Crippen LogP contribution < -0.4 is 5.32 Å². The van der Waals surface area contributed by atoms with Gasteiger partial charge in [-0.05, 0) is 19.9 Å². The Labute approximate surface area is 102 Å². The van der Waals surface area contributed by atoms with Gasteiger partial charge in [0, 0.05) is 32.7 Å². The Morgan fingerprint density at radius 3 is 2.35 bits per heavy atom. The molecule has 1 saturated heterocycles. The first-order valence-corrected chi connectivity index (χ1v) is 6.35. The van der Waals surface area contributed by atoms with Crippen molar-refractivity contribution < 1.29 is 9.59 Å². The summed E-state index contributed by atoms with van der Waals surface area (Å²) in [5.74, 6) is 0.281. The van der Waals surface area contributed by atoms with E-state index in [1.165, 1.54) is 0 Å². The number of hydrogen-bond acceptors (Lipinski definition) is 3. The fourth-order valence-corrected chi connectivity index (χ4v) is 2.77. The van der Waals surface area contributed by atoms with E-state index in [4.69, 9.17) is 0 Å². The topological polar surface area (TPSA) is 52.7 Å². The van der Waals surface area contributed by atoms with Crippen molar-refractivity contribution >= 4 is 12.3 Å². The van der Waals surface area contributed by atoms with Crippen molar-refractivity contribution in [2.24, 2.45) is 5.41 Å². The standard InChI is InChI=1S/C12H21N3O2/c1-13-9-12(3-2-4-12)11(17)15-7-5-14(10-16)6-8-15/h10,13H,2-9H2,1H3. The number of carbonyl (C=O) groups excluding carboxylic acids is 2. The first-order valence-electron chi connectivity index (χ1n) is 6.35. The van der Waals surface area contributed by atoms with Gasteiger partial charge in [0.1, 0.15) is 0 Å². The molecule has 0 aromatic rings. The number of piperazine rings is 1. The summed E-state index contributed by atoms with van der Waals surface area (Å²) in [6.07, 6.45) is 4.03. The van der Waals surface area contributed by atoms with Gasteiger partial charge >= 0.3 is 0 Å². The van der Waals surface area contributed by atoms with Crippen LogP contribution in [0.5, 0.6) is 0 Å². The molecule has 0 bridgehead atoms. The first kappa shape index (κ1) is 12.4. The van der Waals surface area contributed by atoms with Gasteiger partial charge in [0.2, 0.25) is 12.3 Å². The molecule has 5 heteroatoms. The molecule has 2 aliphatic rings. The van der Waals surface area contributed by atoms with Crippen molar-refractivity contribution in [3.8, 4) is 0 Å². The van der Waals surface area contributed by atoms with Gasteiger partial charge in [0.15, 0.2) is 0 Å². The van der Waals surface area contributed by atoms with Crippen molar-refractivity contribution in [1.82, 2.24) is 15.1 Å². The molecule has 2 fully saturated rings. The molecule has 0 atom stereocenters. The summed E-state index contributed by atoms with van der Waals surface area (Å²) in [6.45, 7) is 3.49. The van der Waals surface area contributed by atoms with Gasteiger partial charge in [-0.25, -0.2) is 0 Å². The fourth-order valence-electron chi connectivity index (χ4n) is 2.77. The number of hydrogen-bond donors (Lipinski definition) is 1. The Hall–Kier alpha value is -1.10. The average molecular weight is 239 g/mol. The zero-order valence-corrected chi connectivity index (χ0v) is 10.4. The van der Waals surface area contributed by atoms with Crippen LogP contribution in [0.4, 0.5) is 0 Å². The number of nitrogens with zero attached hydrogens (tertiary/aromatic N) is 2. The molecule has 0 unspecified atom stereocenters. The van der Waals surface area contributed by atoms with Gasteiger partial charge in [-0.15, -0.1) is 0 Å². The van der Waals surface area contributed by atoms with Gasteiger partial charge in [-0.3, -0.25) is 9.59 Å². The van der Waals surface area contributed by atoms with Crippen LogP contribution in [-0.4, -0.2) is 61.9 Å². The molecule has 1 saturated carbocycles. The molecule has 0 radical (unpaired) electrons. The number of nitrogens with one attached hydrogen (secondary N) is 1. The third-order valence-corrected chi connectivity index (χ3v) is 4.03. The minimum Gasteiger partial charge on any atom is -0.342 e. The summed E-state index contributed by atoms with van der Waals surface area (Å²) in [6, 6.07) is 0. The highest BCUT2D eigenvalue weighted by Crippen LogP contribution is 2.42. The van der Waals surface area contributed by atoms with E-state index < -0.39 is 0 Å². The lowest BCUT2D eigenvalue weighted by Gasteiger charge is -2.45. The first-order chi connectivity index (χ1) is 8.22. The van der Waals surface area contributed by atoms with Crippen molar-refractivity contribution in [3.63, 3.8) is 0 Å². The highest BCUT2D eigenvalue weighted by Gasteiger charge is 2.45. The summed E-state index contributed by atoms with van der Waals surface area (Å²) < 4.78 is 0. The van der Waals surface area contributed by atoms with E-state index >= 15 is 0 Å². The second kappa shape index (κ2) is 5.04. The highest BCUT2D eigenvalue weighted by atomic mass is 16.2. The lowest BCUT2D eigenvalue weighted by atomic mass is 9.67. The molecule has 2 amide bonds. The number of amides is 2. The van der Waals surface area contributed by atoms with E-state index in [0.717, 1.165) is 32.2 Å². The van der Waals surface area contributed by atoms with Crippen LogP contribution >= 0.6 is 0 Å². The molecule has 1 aliphatic carbocycles. The van der Waals surface area contributed by atoms with Gasteiger partial charge < -0.3 is 15.1 Å². The third kappa shape index (κ3) is 2.29. The summed E-state index contributed by atoms with van der Waals surface area (Å²) in [7, 11) is 1.90. The molecule has 0 aromatic heterocycles. The zero-order valence-electron chi connectivity index (χ0n) is 10.4. The van der Waals surface area contributed by atoms with E-state index in [1.54, 1.807) is 4.90 Å². The minimum absolute atomic E-state index is 0.155. The second-order valence-corrected chi connectivity index (χ2v) is 5.10. The lowest BCUT2D eigenvalue weighted by molar-refractivity contribution is -0.149. The number of rotatable bonds is 4. The Morgan fingerprint density at radius 1 is 1.29 bits per heavy atom. The third-order valence-electron chi connectivity index (χ3n) is 4.03. The molecule has 1 heterocycles. The molecule has 17 heavy (non-hydrogen) atoms. The smallest absolute Gasteiger partial charge is 0.230 e. The largest absolute Gasteiger partial charge is 0.342 e. The predicted molar refractivity (Wildman–Crippen MR) is 64.4 cm³/mol. The molecular weight excluding hydrogens is 218 g/mol. The monoisotopic (exact) mass is 239 g/mol. The van der Waals surface area contributed by atoms with Crippen LogP contribution in [0.25, 0.3) is 0 Å². The minimum atomic E-state index is -0.155. The Morgan fingerprint density at radius 2 is 1.94 bits per heavy atom. The Kier molecular flexibility index (Phi) is 3.66. The molecule has 1 aliphatic heterocycles. The van der Waals surface area contributed by atoms with E-state index in [-0.39, 0.29) is 11.3 Å². The Bertz CT molecular complexity index is 294. The zero-order chi connectivity index (χ0) is 12.3. The molecular formula is C12H21N3O2.